The van der Waals surface area contributed by atoms with Gasteiger partial charge in [-0.2, -0.15) is 0 Å². The number of nitrogens with zero attached hydrogens (tertiary/aromatic N) is 1. The number of benzene rings is 2. The molecule has 0 aromatic heterocycles. The van der Waals surface area contributed by atoms with Crippen LogP contribution in [0.2, 0.25) is 0 Å². The number of aryl methyl sites for hydroxylation is 1. The molecule has 1 N–H and O–H groups in total. The lowest BCUT2D eigenvalue weighted by Crippen LogP contribution is -2.49. The summed E-state index contributed by atoms with van der Waals surface area (Å²) in [4.78, 5) is 27.4. The van der Waals surface area contributed by atoms with Crippen molar-refractivity contribution in [3.63, 3.8) is 0 Å². The number of carbonyl (C=O) groups excluding carboxylic acids is 2. The highest BCUT2D eigenvalue weighted by Gasteiger charge is 2.28. The Labute approximate surface area is 167 Å². The second kappa shape index (κ2) is 10.5. The van der Waals surface area contributed by atoms with Gasteiger partial charge >= 0.3 is 0 Å². The molecule has 0 radical (unpaired) electrons. The van der Waals surface area contributed by atoms with Crippen molar-refractivity contribution in [2.45, 2.75) is 46.2 Å². The largest absolute Gasteiger partial charge is 0.497 e. The average molecular weight is 383 g/mol. The van der Waals surface area contributed by atoms with Crippen molar-refractivity contribution in [3.05, 3.63) is 65.2 Å². The highest BCUT2D eigenvalue weighted by molar-refractivity contribution is 5.88. The zero-order valence-electron chi connectivity index (χ0n) is 17.2. The van der Waals surface area contributed by atoms with Gasteiger partial charge in [0.25, 0.3) is 0 Å². The summed E-state index contributed by atoms with van der Waals surface area (Å²) in [6, 6.07) is 15.0. The van der Waals surface area contributed by atoms with Gasteiger partial charge in [-0.1, -0.05) is 48.9 Å². The Balaban J connectivity index is 2.25. The minimum atomic E-state index is -0.500. The summed E-state index contributed by atoms with van der Waals surface area (Å²) in [6.07, 6.45) is 0.827. The Morgan fingerprint density at radius 1 is 1.00 bits per heavy atom. The van der Waals surface area contributed by atoms with Crippen LogP contribution in [0, 0.1) is 6.92 Å². The van der Waals surface area contributed by atoms with Crippen molar-refractivity contribution in [2.75, 3.05) is 13.7 Å². The smallest absolute Gasteiger partial charge is 0.242 e. The third-order valence-corrected chi connectivity index (χ3v) is 4.72. The molecule has 5 heteroatoms. The molecule has 0 unspecified atom stereocenters. The third kappa shape index (κ3) is 5.84. The van der Waals surface area contributed by atoms with Gasteiger partial charge in [0.1, 0.15) is 11.8 Å². The first-order valence-corrected chi connectivity index (χ1v) is 9.74. The van der Waals surface area contributed by atoms with Crippen LogP contribution in [-0.2, 0) is 22.6 Å². The van der Waals surface area contributed by atoms with Gasteiger partial charge in [0.2, 0.25) is 11.8 Å². The lowest BCUT2D eigenvalue weighted by atomic mass is 10.1. The molecule has 0 saturated carbocycles. The molecule has 0 aliphatic heterocycles. The van der Waals surface area contributed by atoms with E-state index >= 15 is 0 Å². The molecule has 2 aromatic rings. The van der Waals surface area contributed by atoms with E-state index in [0.29, 0.717) is 19.5 Å². The number of methoxy groups -OCH3 is 1. The maximum absolute atomic E-state index is 13.2. The summed E-state index contributed by atoms with van der Waals surface area (Å²) < 4.78 is 5.20. The number of hydrogen-bond acceptors (Lipinski definition) is 3. The predicted molar refractivity (Wildman–Crippen MR) is 111 cm³/mol. The molecule has 0 aliphatic rings. The van der Waals surface area contributed by atoms with Crippen molar-refractivity contribution in [2.24, 2.45) is 0 Å². The van der Waals surface area contributed by atoms with Gasteiger partial charge in [-0.05, 0) is 43.5 Å². The van der Waals surface area contributed by atoms with Crippen molar-refractivity contribution >= 4 is 11.8 Å². The predicted octanol–water partition coefficient (Wildman–Crippen LogP) is 3.49. The zero-order valence-corrected chi connectivity index (χ0v) is 17.2. The van der Waals surface area contributed by atoms with Crippen molar-refractivity contribution in [3.8, 4) is 5.75 Å². The van der Waals surface area contributed by atoms with E-state index < -0.39 is 6.04 Å². The van der Waals surface area contributed by atoms with Crippen LogP contribution in [0.5, 0.6) is 5.75 Å². The van der Waals surface area contributed by atoms with Gasteiger partial charge in [0, 0.05) is 13.1 Å². The Morgan fingerprint density at radius 3 is 2.14 bits per heavy atom. The van der Waals surface area contributed by atoms with Crippen LogP contribution in [0.3, 0.4) is 0 Å². The Bertz CT molecular complexity index is 769. The fourth-order valence-electron chi connectivity index (χ4n) is 3.12. The Kier molecular flexibility index (Phi) is 8.05. The lowest BCUT2D eigenvalue weighted by Gasteiger charge is -2.30. The maximum atomic E-state index is 13.2. The Hall–Kier alpha value is -2.82. The van der Waals surface area contributed by atoms with Gasteiger partial charge < -0.3 is 15.0 Å². The second-order valence-corrected chi connectivity index (χ2v) is 6.85. The van der Waals surface area contributed by atoms with Gasteiger partial charge in [-0.15, -0.1) is 0 Å². The summed E-state index contributed by atoms with van der Waals surface area (Å²) in [6.45, 7) is 6.75. The van der Waals surface area contributed by atoms with E-state index in [1.165, 1.54) is 0 Å². The van der Waals surface area contributed by atoms with Gasteiger partial charge in [0.15, 0.2) is 0 Å². The molecule has 2 rings (SSSR count). The summed E-state index contributed by atoms with van der Waals surface area (Å²) in [5.74, 6) is 0.589. The molecular formula is C23H30N2O3. The quantitative estimate of drug-likeness (QED) is 0.722. The summed E-state index contributed by atoms with van der Waals surface area (Å²) in [5.41, 5.74) is 3.06. The second-order valence-electron chi connectivity index (χ2n) is 6.85. The van der Waals surface area contributed by atoms with Crippen LogP contribution in [0.1, 0.15) is 37.0 Å². The molecular weight excluding hydrogens is 352 g/mol. The SMILES string of the molecule is CCNC(=O)[C@@H](CC)N(Cc1ccc(OC)cc1)C(=O)Cc1ccc(C)cc1. The van der Waals surface area contributed by atoms with Gasteiger partial charge in [-0.3, -0.25) is 9.59 Å². The highest BCUT2D eigenvalue weighted by atomic mass is 16.5. The monoisotopic (exact) mass is 382 g/mol. The summed E-state index contributed by atoms with van der Waals surface area (Å²) in [7, 11) is 1.62. The molecule has 2 amide bonds. The number of amides is 2. The summed E-state index contributed by atoms with van der Waals surface area (Å²) >= 11 is 0. The Morgan fingerprint density at radius 2 is 1.61 bits per heavy atom. The van der Waals surface area contributed by atoms with E-state index in [4.69, 9.17) is 4.74 Å². The van der Waals surface area contributed by atoms with Crippen molar-refractivity contribution in [1.29, 1.82) is 0 Å². The van der Waals surface area contributed by atoms with Crippen LogP contribution in [0.15, 0.2) is 48.5 Å². The average Bonchev–Trinajstić information content (AvgIpc) is 2.70. The van der Waals surface area contributed by atoms with Crippen molar-refractivity contribution in [1.82, 2.24) is 10.2 Å². The molecule has 150 valence electrons. The molecule has 2 aromatic carbocycles. The number of ether oxygens (including phenoxy) is 1. The number of nitrogens with one attached hydrogen (secondary N) is 1. The van der Waals surface area contributed by atoms with E-state index in [9.17, 15) is 9.59 Å². The van der Waals surface area contributed by atoms with E-state index in [1.807, 2.05) is 69.3 Å². The molecule has 0 heterocycles. The first-order valence-electron chi connectivity index (χ1n) is 9.74. The van der Waals surface area contributed by atoms with E-state index in [1.54, 1.807) is 12.0 Å². The molecule has 5 nitrogen and oxygen atoms in total. The topological polar surface area (TPSA) is 58.6 Å². The molecule has 0 bridgehead atoms. The number of rotatable bonds is 9. The van der Waals surface area contributed by atoms with E-state index in [-0.39, 0.29) is 18.2 Å². The fourth-order valence-corrected chi connectivity index (χ4v) is 3.12. The molecule has 28 heavy (non-hydrogen) atoms. The minimum absolute atomic E-state index is 0.0576. The standard InChI is InChI=1S/C23H30N2O3/c1-5-21(23(27)24-6-2)25(16-19-11-13-20(28-4)14-12-19)22(26)15-18-9-7-17(3)8-10-18/h7-14,21H,5-6,15-16H2,1-4H3,(H,24,27)/t21-/m1/s1. The first-order chi connectivity index (χ1) is 13.5. The van der Waals surface area contributed by atoms with Gasteiger partial charge in [0.05, 0.1) is 13.5 Å². The highest BCUT2D eigenvalue weighted by Crippen LogP contribution is 2.17. The van der Waals surface area contributed by atoms with Crippen LogP contribution in [-0.4, -0.2) is 36.4 Å². The summed E-state index contributed by atoms with van der Waals surface area (Å²) in [5, 5.41) is 2.85. The lowest BCUT2D eigenvalue weighted by molar-refractivity contribution is -0.140. The molecule has 0 fully saturated rings. The van der Waals surface area contributed by atoms with Crippen LogP contribution in [0.4, 0.5) is 0 Å². The van der Waals surface area contributed by atoms with E-state index in [2.05, 4.69) is 5.32 Å². The normalized spacial score (nSPS) is 11.6. The van der Waals surface area contributed by atoms with Gasteiger partial charge in [-0.25, -0.2) is 0 Å². The first kappa shape index (κ1) is 21.5. The molecule has 0 spiro atoms. The number of likely N-dealkylation sites (N-methyl/N-ethyl adjacent to an activating group) is 1. The number of carbonyl (C=O) groups is 2. The van der Waals surface area contributed by atoms with Crippen molar-refractivity contribution < 1.29 is 14.3 Å². The maximum Gasteiger partial charge on any atom is 0.242 e. The minimum Gasteiger partial charge on any atom is -0.497 e. The number of hydrogen-bond donors (Lipinski definition) is 1. The van der Waals surface area contributed by atoms with Crippen LogP contribution < -0.4 is 10.1 Å². The van der Waals surface area contributed by atoms with Crippen LogP contribution >= 0.6 is 0 Å². The molecule has 1 atom stereocenters. The third-order valence-electron chi connectivity index (χ3n) is 4.72. The van der Waals surface area contributed by atoms with E-state index in [0.717, 1.165) is 22.4 Å². The zero-order chi connectivity index (χ0) is 20.5. The molecule has 0 aliphatic carbocycles. The van der Waals surface area contributed by atoms with Crippen LogP contribution in [0.25, 0.3) is 0 Å². The fraction of sp³-hybridized carbons (Fsp3) is 0.391. The molecule has 0 saturated heterocycles.